The summed E-state index contributed by atoms with van der Waals surface area (Å²) in [6.07, 6.45) is 3.27. The van der Waals surface area contributed by atoms with Crippen LogP contribution in [0.2, 0.25) is 0 Å². The molecule has 0 saturated carbocycles. The van der Waals surface area contributed by atoms with Crippen LogP contribution >= 0.6 is 0 Å². The van der Waals surface area contributed by atoms with E-state index in [1.54, 1.807) is 0 Å². The largest absolute Gasteiger partial charge is 0.354 e. The van der Waals surface area contributed by atoms with Crippen LogP contribution in [-0.2, 0) is 6.42 Å². The van der Waals surface area contributed by atoms with E-state index in [0.717, 1.165) is 25.2 Å². The van der Waals surface area contributed by atoms with Crippen molar-refractivity contribution in [3.05, 3.63) is 23.5 Å². The molecule has 2 N–H and O–H groups in total. The van der Waals surface area contributed by atoms with Gasteiger partial charge in [0.15, 0.2) is 0 Å². The van der Waals surface area contributed by atoms with Gasteiger partial charge in [-0.15, -0.1) is 0 Å². The lowest BCUT2D eigenvalue weighted by atomic mass is 9.90. The van der Waals surface area contributed by atoms with Crippen LogP contribution in [0.4, 0.5) is 0 Å². The Balaban J connectivity index is 1.87. The van der Waals surface area contributed by atoms with Gasteiger partial charge in [0, 0.05) is 11.7 Å². The topological polar surface area (TPSA) is 48.1 Å². The molecule has 1 aliphatic rings. The van der Waals surface area contributed by atoms with Gasteiger partial charge in [0.2, 0.25) is 0 Å². The molecular weight excluding hydrogens is 238 g/mol. The second-order valence-corrected chi connectivity index (χ2v) is 5.65. The summed E-state index contributed by atoms with van der Waals surface area (Å²) < 4.78 is 0. The maximum Gasteiger partial charge on any atom is 0.267 e. The van der Waals surface area contributed by atoms with Gasteiger partial charge in [0.05, 0.1) is 0 Å². The third-order valence-corrected chi connectivity index (χ3v) is 4.20. The highest BCUT2D eigenvalue weighted by Gasteiger charge is 2.23. The Kier molecular flexibility index (Phi) is 4.64. The lowest BCUT2D eigenvalue weighted by Crippen LogP contribution is -2.43. The first-order valence-corrected chi connectivity index (χ1v) is 7.27. The van der Waals surface area contributed by atoms with Crippen molar-refractivity contribution in [2.75, 3.05) is 20.1 Å². The predicted octanol–water partition coefficient (Wildman–Crippen LogP) is 2.04. The van der Waals surface area contributed by atoms with Crippen molar-refractivity contribution < 1.29 is 4.79 Å². The number of likely N-dealkylation sites (tertiary alicyclic amines) is 1. The van der Waals surface area contributed by atoms with E-state index in [0.29, 0.717) is 11.6 Å². The number of piperidine rings is 1. The molecule has 1 saturated heterocycles. The summed E-state index contributed by atoms with van der Waals surface area (Å²) in [5.74, 6) is 0.617. The van der Waals surface area contributed by atoms with Crippen molar-refractivity contribution in [1.82, 2.24) is 15.2 Å². The molecule has 1 aliphatic heterocycles. The number of nitrogens with zero attached hydrogens (tertiary/aromatic N) is 1. The Morgan fingerprint density at radius 1 is 1.47 bits per heavy atom. The highest BCUT2D eigenvalue weighted by molar-refractivity contribution is 5.92. The molecule has 0 spiro atoms. The minimum absolute atomic E-state index is 0.0196. The molecule has 19 heavy (non-hydrogen) atoms. The number of aromatic nitrogens is 1. The Morgan fingerprint density at radius 2 is 2.16 bits per heavy atom. The highest BCUT2D eigenvalue weighted by atomic mass is 16.1. The van der Waals surface area contributed by atoms with Crippen LogP contribution in [0.15, 0.2) is 12.1 Å². The first kappa shape index (κ1) is 14.1. The molecule has 0 unspecified atom stereocenters. The summed E-state index contributed by atoms with van der Waals surface area (Å²) in [5.41, 5.74) is 1.79. The number of nitrogens with one attached hydrogen (secondary N) is 2. The molecule has 2 heterocycles. The molecule has 106 valence electrons. The number of rotatable bonds is 4. The average molecular weight is 263 g/mol. The monoisotopic (exact) mass is 263 g/mol. The highest BCUT2D eigenvalue weighted by Crippen LogP contribution is 2.19. The number of hydrogen-bond donors (Lipinski definition) is 2. The van der Waals surface area contributed by atoms with Crippen molar-refractivity contribution >= 4 is 5.91 Å². The molecule has 1 amide bonds. The molecule has 1 aromatic heterocycles. The van der Waals surface area contributed by atoms with Crippen LogP contribution in [0.25, 0.3) is 0 Å². The third-order valence-electron chi connectivity index (χ3n) is 4.20. The molecule has 0 aromatic carbocycles. The number of amides is 1. The van der Waals surface area contributed by atoms with Crippen LogP contribution < -0.4 is 5.32 Å². The van der Waals surface area contributed by atoms with Gasteiger partial charge in [-0.25, -0.2) is 0 Å². The molecule has 2 rings (SSSR count). The van der Waals surface area contributed by atoms with E-state index in [9.17, 15) is 4.79 Å². The van der Waals surface area contributed by atoms with Gasteiger partial charge in [-0.05, 0) is 64.4 Å². The van der Waals surface area contributed by atoms with E-state index >= 15 is 0 Å². The summed E-state index contributed by atoms with van der Waals surface area (Å²) in [6, 6.07) is 4.10. The second-order valence-electron chi connectivity index (χ2n) is 5.65. The van der Waals surface area contributed by atoms with E-state index in [2.05, 4.69) is 36.1 Å². The maximum atomic E-state index is 12.1. The van der Waals surface area contributed by atoms with Gasteiger partial charge in [-0.1, -0.05) is 6.92 Å². The van der Waals surface area contributed by atoms with Crippen LogP contribution in [0, 0.1) is 5.92 Å². The molecule has 1 aromatic rings. The van der Waals surface area contributed by atoms with E-state index in [-0.39, 0.29) is 11.9 Å². The number of hydrogen-bond acceptors (Lipinski definition) is 2. The number of aromatic amines is 1. The van der Waals surface area contributed by atoms with E-state index in [1.807, 2.05) is 12.1 Å². The normalized spacial score (nSPS) is 19.3. The number of carbonyl (C=O) groups excluding carboxylic acids is 1. The molecule has 1 fully saturated rings. The van der Waals surface area contributed by atoms with Gasteiger partial charge in [0.25, 0.3) is 5.91 Å². The summed E-state index contributed by atoms with van der Waals surface area (Å²) in [7, 11) is 2.16. The van der Waals surface area contributed by atoms with Gasteiger partial charge >= 0.3 is 0 Å². The number of aryl methyl sites for hydroxylation is 1. The average Bonchev–Trinajstić information content (AvgIpc) is 2.88. The van der Waals surface area contributed by atoms with Crippen molar-refractivity contribution in [2.45, 2.75) is 39.2 Å². The molecular formula is C15H25N3O. The lowest BCUT2D eigenvalue weighted by Gasteiger charge is -2.32. The zero-order chi connectivity index (χ0) is 13.8. The Morgan fingerprint density at radius 3 is 2.74 bits per heavy atom. The minimum Gasteiger partial charge on any atom is -0.354 e. The second kappa shape index (κ2) is 6.24. The van der Waals surface area contributed by atoms with Gasteiger partial charge < -0.3 is 15.2 Å². The fourth-order valence-corrected chi connectivity index (χ4v) is 2.71. The van der Waals surface area contributed by atoms with E-state index in [1.165, 1.54) is 12.8 Å². The number of H-pyrrole nitrogens is 1. The van der Waals surface area contributed by atoms with E-state index in [4.69, 9.17) is 0 Å². The fourth-order valence-electron chi connectivity index (χ4n) is 2.71. The summed E-state index contributed by atoms with van der Waals surface area (Å²) in [5, 5.41) is 3.13. The molecule has 0 bridgehead atoms. The molecule has 0 aliphatic carbocycles. The standard InChI is InChI=1S/C15H25N3O/c1-4-13-5-6-14(17-13)15(19)16-11(2)12-7-9-18(3)10-8-12/h5-6,11-12,17H,4,7-10H2,1-3H3,(H,16,19)/t11-/m0/s1. The Labute approximate surface area is 115 Å². The zero-order valence-corrected chi connectivity index (χ0v) is 12.2. The van der Waals surface area contributed by atoms with E-state index < -0.39 is 0 Å². The van der Waals surface area contributed by atoms with Crippen molar-refractivity contribution in [2.24, 2.45) is 5.92 Å². The maximum absolute atomic E-state index is 12.1. The van der Waals surface area contributed by atoms with Crippen LogP contribution in [0.3, 0.4) is 0 Å². The third kappa shape index (κ3) is 3.60. The first-order valence-electron chi connectivity index (χ1n) is 7.27. The SMILES string of the molecule is CCc1ccc(C(=O)N[C@@H](C)C2CCN(C)CC2)[nH]1. The number of carbonyl (C=O) groups is 1. The molecule has 4 nitrogen and oxygen atoms in total. The zero-order valence-electron chi connectivity index (χ0n) is 12.2. The predicted molar refractivity (Wildman–Crippen MR) is 77.3 cm³/mol. The minimum atomic E-state index is 0.0196. The molecule has 0 radical (unpaired) electrons. The smallest absolute Gasteiger partial charge is 0.267 e. The van der Waals surface area contributed by atoms with Crippen LogP contribution in [-0.4, -0.2) is 42.0 Å². The summed E-state index contributed by atoms with van der Waals surface area (Å²) >= 11 is 0. The Hall–Kier alpha value is -1.29. The first-order chi connectivity index (χ1) is 9.10. The summed E-state index contributed by atoms with van der Waals surface area (Å²) in [4.78, 5) is 17.6. The quantitative estimate of drug-likeness (QED) is 0.873. The fraction of sp³-hybridized carbons (Fsp3) is 0.667. The lowest BCUT2D eigenvalue weighted by molar-refractivity contribution is 0.0905. The molecule has 1 atom stereocenters. The van der Waals surface area contributed by atoms with Gasteiger partial charge in [0.1, 0.15) is 5.69 Å². The van der Waals surface area contributed by atoms with Crippen molar-refractivity contribution in [3.63, 3.8) is 0 Å². The van der Waals surface area contributed by atoms with Crippen LogP contribution in [0.1, 0.15) is 42.9 Å². The van der Waals surface area contributed by atoms with Crippen molar-refractivity contribution in [1.29, 1.82) is 0 Å². The van der Waals surface area contributed by atoms with Crippen LogP contribution in [0.5, 0.6) is 0 Å². The van der Waals surface area contributed by atoms with Gasteiger partial charge in [-0.3, -0.25) is 4.79 Å². The summed E-state index contributed by atoms with van der Waals surface area (Å²) in [6.45, 7) is 6.47. The van der Waals surface area contributed by atoms with Gasteiger partial charge in [-0.2, -0.15) is 0 Å². The van der Waals surface area contributed by atoms with Crippen molar-refractivity contribution in [3.8, 4) is 0 Å². The molecule has 4 heteroatoms. The Bertz CT molecular complexity index is 419.